The highest BCUT2D eigenvalue weighted by molar-refractivity contribution is 5.85. The van der Waals surface area contributed by atoms with Gasteiger partial charge in [-0.3, -0.25) is 9.69 Å². The molecule has 3 fully saturated rings. The van der Waals surface area contributed by atoms with Gasteiger partial charge in [-0.2, -0.15) is 0 Å². The van der Waals surface area contributed by atoms with Gasteiger partial charge in [0.1, 0.15) is 0 Å². The van der Waals surface area contributed by atoms with Crippen molar-refractivity contribution in [1.82, 2.24) is 15.5 Å². The van der Waals surface area contributed by atoms with E-state index in [9.17, 15) is 4.79 Å². The Morgan fingerprint density at radius 1 is 1.20 bits per heavy atom. The third-order valence-electron chi connectivity index (χ3n) is 5.27. The van der Waals surface area contributed by atoms with Crippen LogP contribution in [0.4, 0.5) is 0 Å². The fourth-order valence-electron chi connectivity index (χ4n) is 4.07. The Kier molecular flexibility index (Phi) is 5.70. The third kappa shape index (κ3) is 3.86. The smallest absolute Gasteiger partial charge is 0.234 e. The number of hydrogen-bond acceptors (Lipinski definition) is 3. The van der Waals surface area contributed by atoms with Crippen LogP contribution in [0.25, 0.3) is 0 Å². The largest absolute Gasteiger partial charge is 0.352 e. The summed E-state index contributed by atoms with van der Waals surface area (Å²) in [5.74, 6) is 0.248. The predicted octanol–water partition coefficient (Wildman–Crippen LogP) is 1.54. The minimum absolute atomic E-state index is 0. The van der Waals surface area contributed by atoms with E-state index in [0.717, 1.165) is 26.2 Å². The zero-order chi connectivity index (χ0) is 13.1. The molecule has 2 N–H and O–H groups in total. The van der Waals surface area contributed by atoms with Crippen LogP contribution in [-0.4, -0.2) is 49.6 Å². The van der Waals surface area contributed by atoms with E-state index in [1.807, 2.05) is 0 Å². The molecule has 1 amide bonds. The Balaban J connectivity index is 0.00000147. The molecule has 0 radical (unpaired) electrons. The first kappa shape index (κ1) is 16.1. The molecule has 0 bridgehead atoms. The van der Waals surface area contributed by atoms with Crippen LogP contribution in [0, 0.1) is 5.41 Å². The van der Waals surface area contributed by atoms with Gasteiger partial charge in [0, 0.05) is 12.6 Å². The molecule has 1 aliphatic carbocycles. The lowest BCUT2D eigenvalue weighted by Crippen LogP contribution is -2.42. The number of carbonyl (C=O) groups is 1. The van der Waals surface area contributed by atoms with Crippen molar-refractivity contribution in [2.24, 2.45) is 5.41 Å². The molecule has 1 saturated carbocycles. The van der Waals surface area contributed by atoms with E-state index in [4.69, 9.17) is 0 Å². The Bertz CT molecular complexity index is 325. The maximum atomic E-state index is 12.1. The second-order valence-electron chi connectivity index (χ2n) is 6.76. The lowest BCUT2D eigenvalue weighted by molar-refractivity contribution is -0.122. The fourth-order valence-corrected chi connectivity index (χ4v) is 4.07. The van der Waals surface area contributed by atoms with Crippen molar-refractivity contribution in [3.63, 3.8) is 0 Å². The number of nitrogens with zero attached hydrogens (tertiary/aromatic N) is 1. The van der Waals surface area contributed by atoms with Crippen LogP contribution in [0.1, 0.15) is 44.9 Å². The second kappa shape index (κ2) is 7.10. The second-order valence-corrected chi connectivity index (χ2v) is 6.76. The molecule has 2 saturated heterocycles. The highest BCUT2D eigenvalue weighted by Crippen LogP contribution is 2.38. The minimum atomic E-state index is 0. The van der Waals surface area contributed by atoms with Crippen molar-refractivity contribution < 1.29 is 4.79 Å². The van der Waals surface area contributed by atoms with E-state index in [-0.39, 0.29) is 18.3 Å². The molecule has 3 rings (SSSR count). The lowest BCUT2D eigenvalue weighted by Gasteiger charge is -2.33. The number of nitrogens with one attached hydrogen (secondary N) is 2. The number of rotatable bonds is 3. The molecule has 20 heavy (non-hydrogen) atoms. The van der Waals surface area contributed by atoms with Crippen LogP contribution in [0.3, 0.4) is 0 Å². The first-order chi connectivity index (χ1) is 9.26. The van der Waals surface area contributed by atoms with Crippen LogP contribution < -0.4 is 10.6 Å². The topological polar surface area (TPSA) is 44.4 Å². The number of hydrogen-bond donors (Lipinski definition) is 2. The normalized spacial score (nSPS) is 26.6. The van der Waals surface area contributed by atoms with Gasteiger partial charge in [0.2, 0.25) is 5.91 Å². The summed E-state index contributed by atoms with van der Waals surface area (Å²) in [5.41, 5.74) is 0.513. The summed E-state index contributed by atoms with van der Waals surface area (Å²) < 4.78 is 0. The molecule has 5 heteroatoms. The number of halogens is 1. The van der Waals surface area contributed by atoms with Crippen molar-refractivity contribution in [2.45, 2.75) is 51.0 Å². The van der Waals surface area contributed by atoms with Crippen molar-refractivity contribution >= 4 is 18.3 Å². The van der Waals surface area contributed by atoms with E-state index >= 15 is 0 Å². The SMILES string of the molecule is Cl.O=C(CN1CCC2(CCNCC2)C1)NC1CCCC1. The van der Waals surface area contributed by atoms with Gasteiger partial charge in [-0.05, 0) is 57.2 Å². The van der Waals surface area contributed by atoms with Crippen LogP contribution in [0.5, 0.6) is 0 Å². The molecule has 0 unspecified atom stereocenters. The fraction of sp³-hybridized carbons (Fsp3) is 0.933. The maximum absolute atomic E-state index is 12.1. The van der Waals surface area contributed by atoms with Crippen LogP contribution in [-0.2, 0) is 4.79 Å². The molecule has 2 aliphatic heterocycles. The van der Waals surface area contributed by atoms with E-state index in [0.29, 0.717) is 18.0 Å². The zero-order valence-electron chi connectivity index (χ0n) is 12.3. The molecule has 0 aromatic heterocycles. The molecule has 116 valence electrons. The van der Waals surface area contributed by atoms with E-state index in [2.05, 4.69) is 15.5 Å². The van der Waals surface area contributed by atoms with Crippen molar-refractivity contribution in [2.75, 3.05) is 32.7 Å². The van der Waals surface area contributed by atoms with E-state index < -0.39 is 0 Å². The molecule has 4 nitrogen and oxygen atoms in total. The Labute approximate surface area is 128 Å². The Morgan fingerprint density at radius 2 is 1.90 bits per heavy atom. The molecule has 2 heterocycles. The highest BCUT2D eigenvalue weighted by Gasteiger charge is 2.39. The van der Waals surface area contributed by atoms with Crippen molar-refractivity contribution in [3.05, 3.63) is 0 Å². The van der Waals surface area contributed by atoms with Gasteiger partial charge in [-0.15, -0.1) is 12.4 Å². The zero-order valence-corrected chi connectivity index (χ0v) is 13.1. The Hall–Kier alpha value is -0.320. The van der Waals surface area contributed by atoms with Gasteiger partial charge in [-0.1, -0.05) is 12.8 Å². The van der Waals surface area contributed by atoms with Crippen LogP contribution in [0.15, 0.2) is 0 Å². The summed E-state index contributed by atoms with van der Waals surface area (Å²) in [7, 11) is 0. The van der Waals surface area contributed by atoms with Gasteiger partial charge < -0.3 is 10.6 Å². The van der Waals surface area contributed by atoms with Gasteiger partial charge in [-0.25, -0.2) is 0 Å². The molecule has 0 atom stereocenters. The summed E-state index contributed by atoms with van der Waals surface area (Å²) in [6.07, 6.45) is 8.78. The van der Waals surface area contributed by atoms with Gasteiger partial charge in [0.25, 0.3) is 0 Å². The summed E-state index contributed by atoms with van der Waals surface area (Å²) in [4.78, 5) is 14.4. The average Bonchev–Trinajstić information content (AvgIpc) is 3.02. The summed E-state index contributed by atoms with van der Waals surface area (Å²) in [5, 5.41) is 6.65. The van der Waals surface area contributed by atoms with Crippen LogP contribution in [0.2, 0.25) is 0 Å². The van der Waals surface area contributed by atoms with E-state index in [1.165, 1.54) is 44.9 Å². The quantitative estimate of drug-likeness (QED) is 0.831. The monoisotopic (exact) mass is 301 g/mol. The van der Waals surface area contributed by atoms with Crippen LogP contribution >= 0.6 is 12.4 Å². The summed E-state index contributed by atoms with van der Waals surface area (Å²) in [6, 6.07) is 0.461. The maximum Gasteiger partial charge on any atom is 0.234 e. The van der Waals surface area contributed by atoms with Gasteiger partial charge in [0.05, 0.1) is 6.54 Å². The first-order valence-electron chi connectivity index (χ1n) is 7.98. The first-order valence-corrected chi connectivity index (χ1v) is 7.98. The number of likely N-dealkylation sites (tertiary alicyclic amines) is 1. The number of piperidine rings is 1. The molecular weight excluding hydrogens is 274 g/mol. The van der Waals surface area contributed by atoms with E-state index in [1.54, 1.807) is 0 Å². The average molecular weight is 302 g/mol. The predicted molar refractivity (Wildman–Crippen MR) is 83.2 cm³/mol. The van der Waals surface area contributed by atoms with Gasteiger partial charge in [0.15, 0.2) is 0 Å². The van der Waals surface area contributed by atoms with Gasteiger partial charge >= 0.3 is 0 Å². The molecule has 0 aromatic carbocycles. The molecule has 0 aromatic rings. The van der Waals surface area contributed by atoms with Crippen molar-refractivity contribution in [3.8, 4) is 0 Å². The molecular formula is C15H28ClN3O. The standard InChI is InChI=1S/C15H27N3O.ClH/c19-14(17-13-3-1-2-4-13)11-18-10-7-15(12-18)5-8-16-9-6-15;/h13,16H,1-12H2,(H,17,19);1H. The lowest BCUT2D eigenvalue weighted by atomic mass is 9.78. The third-order valence-corrected chi connectivity index (χ3v) is 5.27. The summed E-state index contributed by atoms with van der Waals surface area (Å²) >= 11 is 0. The van der Waals surface area contributed by atoms with Crippen molar-refractivity contribution in [1.29, 1.82) is 0 Å². The highest BCUT2D eigenvalue weighted by atomic mass is 35.5. The molecule has 3 aliphatic rings. The molecule has 1 spiro atoms. The summed E-state index contributed by atoms with van der Waals surface area (Å²) in [6.45, 7) is 5.17. The number of carbonyl (C=O) groups excluding carboxylic acids is 1. The Morgan fingerprint density at radius 3 is 2.60 bits per heavy atom. The minimum Gasteiger partial charge on any atom is -0.352 e. The number of amides is 1.